The lowest BCUT2D eigenvalue weighted by atomic mass is 10.1. The summed E-state index contributed by atoms with van der Waals surface area (Å²) in [6.07, 6.45) is 1.37. The second-order valence-electron chi connectivity index (χ2n) is 6.19. The average Bonchev–Trinajstić information content (AvgIpc) is 2.70. The predicted octanol–water partition coefficient (Wildman–Crippen LogP) is 2.72. The van der Waals surface area contributed by atoms with Crippen LogP contribution in [0, 0.1) is 5.92 Å². The summed E-state index contributed by atoms with van der Waals surface area (Å²) in [5.41, 5.74) is -0.472. The molecule has 5 heteroatoms. The summed E-state index contributed by atoms with van der Waals surface area (Å²) >= 11 is 0. The molecule has 0 radical (unpaired) electrons. The molecule has 0 aliphatic carbocycles. The minimum Gasteiger partial charge on any atom is -0.472 e. The molecule has 0 bridgehead atoms. The quantitative estimate of drug-likeness (QED) is 0.834. The molecule has 1 saturated heterocycles. The van der Waals surface area contributed by atoms with Crippen LogP contribution in [-0.4, -0.2) is 40.8 Å². The average molecular weight is 278 g/mol. The normalized spacial score (nSPS) is 22.7. The predicted molar refractivity (Wildman–Crippen MR) is 75.6 cm³/mol. The summed E-state index contributed by atoms with van der Waals surface area (Å²) in [6.45, 7) is 8.85. The van der Waals surface area contributed by atoms with Crippen molar-refractivity contribution in [3.8, 4) is 5.88 Å². The summed E-state index contributed by atoms with van der Waals surface area (Å²) in [5.74, 6) is 0.847. The van der Waals surface area contributed by atoms with Crippen molar-refractivity contribution in [2.24, 2.45) is 5.92 Å². The van der Waals surface area contributed by atoms with Crippen molar-refractivity contribution in [2.75, 3.05) is 13.1 Å². The van der Waals surface area contributed by atoms with E-state index in [0.29, 0.717) is 19.0 Å². The van der Waals surface area contributed by atoms with E-state index in [0.717, 1.165) is 0 Å². The monoisotopic (exact) mass is 278 g/mol. The van der Waals surface area contributed by atoms with Gasteiger partial charge in [-0.15, -0.1) is 0 Å². The van der Waals surface area contributed by atoms with Gasteiger partial charge in [0.05, 0.1) is 6.54 Å². The van der Waals surface area contributed by atoms with Gasteiger partial charge in [0.15, 0.2) is 0 Å². The first-order valence-electron chi connectivity index (χ1n) is 6.91. The van der Waals surface area contributed by atoms with Crippen LogP contribution in [0.15, 0.2) is 24.4 Å². The Morgan fingerprint density at radius 2 is 2.10 bits per heavy atom. The zero-order valence-electron chi connectivity index (χ0n) is 12.5. The first kappa shape index (κ1) is 14.6. The summed E-state index contributed by atoms with van der Waals surface area (Å²) < 4.78 is 11.2. The molecule has 1 amide bonds. The third kappa shape index (κ3) is 3.85. The minimum absolute atomic E-state index is 0.0441. The SMILES string of the molecule is C[C@@H]1CN(C(=O)OC(C)(C)C)C[C@H]1Oc1ccccn1. The van der Waals surface area contributed by atoms with E-state index in [9.17, 15) is 4.79 Å². The number of carbonyl (C=O) groups excluding carboxylic acids is 1. The van der Waals surface area contributed by atoms with Crippen LogP contribution in [0.4, 0.5) is 4.79 Å². The highest BCUT2D eigenvalue weighted by Crippen LogP contribution is 2.23. The fourth-order valence-corrected chi connectivity index (χ4v) is 2.14. The van der Waals surface area contributed by atoms with Gasteiger partial charge in [0, 0.05) is 24.7 Å². The van der Waals surface area contributed by atoms with Gasteiger partial charge in [0.2, 0.25) is 5.88 Å². The first-order valence-corrected chi connectivity index (χ1v) is 6.91. The van der Waals surface area contributed by atoms with E-state index in [1.807, 2.05) is 39.0 Å². The highest BCUT2D eigenvalue weighted by Gasteiger charge is 2.36. The number of amides is 1. The Morgan fingerprint density at radius 1 is 1.35 bits per heavy atom. The number of rotatable bonds is 2. The maximum absolute atomic E-state index is 12.0. The summed E-state index contributed by atoms with van der Waals surface area (Å²) in [7, 11) is 0. The Labute approximate surface area is 119 Å². The van der Waals surface area contributed by atoms with Crippen LogP contribution >= 0.6 is 0 Å². The molecule has 0 spiro atoms. The van der Waals surface area contributed by atoms with Crippen LogP contribution in [-0.2, 0) is 4.74 Å². The fourth-order valence-electron chi connectivity index (χ4n) is 2.14. The lowest BCUT2D eigenvalue weighted by Gasteiger charge is -2.24. The molecular weight excluding hydrogens is 256 g/mol. The molecular formula is C15H22N2O3. The number of carbonyl (C=O) groups is 1. The Morgan fingerprint density at radius 3 is 2.70 bits per heavy atom. The second-order valence-corrected chi connectivity index (χ2v) is 6.19. The molecule has 5 nitrogen and oxygen atoms in total. The van der Waals surface area contributed by atoms with Crippen molar-refractivity contribution in [1.29, 1.82) is 0 Å². The molecule has 0 saturated carbocycles. The Bertz CT molecular complexity index is 456. The van der Waals surface area contributed by atoms with Crippen LogP contribution in [0.25, 0.3) is 0 Å². The molecule has 0 unspecified atom stereocenters. The molecule has 1 aromatic heterocycles. The van der Waals surface area contributed by atoms with E-state index in [1.54, 1.807) is 11.1 Å². The smallest absolute Gasteiger partial charge is 0.410 e. The van der Waals surface area contributed by atoms with E-state index in [1.165, 1.54) is 0 Å². The highest BCUT2D eigenvalue weighted by molar-refractivity contribution is 5.68. The maximum atomic E-state index is 12.0. The molecule has 2 heterocycles. The zero-order chi connectivity index (χ0) is 14.8. The van der Waals surface area contributed by atoms with Crippen LogP contribution < -0.4 is 4.74 Å². The van der Waals surface area contributed by atoms with Gasteiger partial charge >= 0.3 is 6.09 Å². The second kappa shape index (κ2) is 5.69. The molecule has 1 aromatic rings. The fraction of sp³-hybridized carbons (Fsp3) is 0.600. The zero-order valence-corrected chi connectivity index (χ0v) is 12.5. The van der Waals surface area contributed by atoms with Crippen molar-refractivity contribution in [2.45, 2.75) is 39.4 Å². The van der Waals surface area contributed by atoms with Gasteiger partial charge in [0.1, 0.15) is 11.7 Å². The molecule has 1 aliphatic heterocycles. The van der Waals surface area contributed by atoms with Gasteiger partial charge < -0.3 is 14.4 Å². The van der Waals surface area contributed by atoms with Gasteiger partial charge in [-0.3, -0.25) is 0 Å². The van der Waals surface area contributed by atoms with Crippen molar-refractivity contribution in [3.63, 3.8) is 0 Å². The van der Waals surface area contributed by atoms with E-state index >= 15 is 0 Å². The lowest BCUT2D eigenvalue weighted by Crippen LogP contribution is -2.36. The Hall–Kier alpha value is -1.78. The highest BCUT2D eigenvalue weighted by atomic mass is 16.6. The van der Waals surface area contributed by atoms with Crippen molar-refractivity contribution >= 4 is 6.09 Å². The summed E-state index contributed by atoms with van der Waals surface area (Å²) in [4.78, 5) is 17.9. The number of aromatic nitrogens is 1. The standard InChI is InChI=1S/C15H22N2O3/c1-11-9-17(14(18)20-15(2,3)4)10-12(11)19-13-7-5-6-8-16-13/h5-8,11-12H,9-10H2,1-4H3/t11-,12-/m1/s1. The maximum Gasteiger partial charge on any atom is 0.410 e. The summed E-state index contributed by atoms with van der Waals surface area (Å²) in [6, 6.07) is 5.55. The topological polar surface area (TPSA) is 51.7 Å². The molecule has 20 heavy (non-hydrogen) atoms. The summed E-state index contributed by atoms with van der Waals surface area (Å²) in [5, 5.41) is 0. The number of hydrogen-bond donors (Lipinski definition) is 0. The molecule has 1 fully saturated rings. The van der Waals surface area contributed by atoms with E-state index in [4.69, 9.17) is 9.47 Å². The first-order chi connectivity index (χ1) is 9.35. The molecule has 2 atom stereocenters. The van der Waals surface area contributed by atoms with Gasteiger partial charge in [-0.25, -0.2) is 9.78 Å². The molecule has 2 rings (SSSR count). The van der Waals surface area contributed by atoms with E-state index < -0.39 is 5.60 Å². The van der Waals surface area contributed by atoms with Gasteiger partial charge in [-0.1, -0.05) is 13.0 Å². The number of likely N-dealkylation sites (tertiary alicyclic amines) is 1. The Balaban J connectivity index is 1.94. The van der Waals surface area contributed by atoms with Gasteiger partial charge in [-0.05, 0) is 26.8 Å². The minimum atomic E-state index is -0.472. The molecule has 0 aromatic carbocycles. The van der Waals surface area contributed by atoms with Crippen molar-refractivity contribution < 1.29 is 14.3 Å². The Kier molecular flexibility index (Phi) is 4.16. The van der Waals surface area contributed by atoms with Crippen LogP contribution in [0.1, 0.15) is 27.7 Å². The number of ether oxygens (including phenoxy) is 2. The number of hydrogen-bond acceptors (Lipinski definition) is 4. The largest absolute Gasteiger partial charge is 0.472 e. The van der Waals surface area contributed by atoms with Gasteiger partial charge in [0.25, 0.3) is 0 Å². The van der Waals surface area contributed by atoms with Crippen LogP contribution in [0.5, 0.6) is 5.88 Å². The number of pyridine rings is 1. The van der Waals surface area contributed by atoms with Crippen LogP contribution in [0.2, 0.25) is 0 Å². The number of nitrogens with zero attached hydrogens (tertiary/aromatic N) is 2. The lowest BCUT2D eigenvalue weighted by molar-refractivity contribution is 0.0274. The van der Waals surface area contributed by atoms with Crippen molar-refractivity contribution in [3.05, 3.63) is 24.4 Å². The molecule has 110 valence electrons. The van der Waals surface area contributed by atoms with E-state index in [-0.39, 0.29) is 18.1 Å². The third-order valence-electron chi connectivity index (χ3n) is 3.10. The third-order valence-corrected chi connectivity index (χ3v) is 3.10. The molecule has 0 N–H and O–H groups in total. The van der Waals surface area contributed by atoms with Gasteiger partial charge in [-0.2, -0.15) is 0 Å². The molecule has 1 aliphatic rings. The van der Waals surface area contributed by atoms with Crippen molar-refractivity contribution in [1.82, 2.24) is 9.88 Å². The van der Waals surface area contributed by atoms with Crippen LogP contribution in [0.3, 0.4) is 0 Å². The van der Waals surface area contributed by atoms with E-state index in [2.05, 4.69) is 11.9 Å².